The number of ether oxygens (including phenoxy) is 1. The fourth-order valence-electron chi connectivity index (χ4n) is 4.90. The van der Waals surface area contributed by atoms with Gasteiger partial charge in [-0.3, -0.25) is 4.79 Å². The highest BCUT2D eigenvalue weighted by atomic mass is 19.1. The summed E-state index contributed by atoms with van der Waals surface area (Å²) in [6.45, 7) is 11.3. The third-order valence-electron chi connectivity index (χ3n) is 6.74. The second-order valence-corrected chi connectivity index (χ2v) is 11.2. The van der Waals surface area contributed by atoms with Crippen LogP contribution in [0.15, 0.2) is 36.4 Å². The van der Waals surface area contributed by atoms with Crippen LogP contribution in [0.2, 0.25) is 0 Å². The van der Waals surface area contributed by atoms with E-state index in [1.807, 2.05) is 32.0 Å². The second-order valence-electron chi connectivity index (χ2n) is 11.2. The molecule has 0 spiro atoms. The van der Waals surface area contributed by atoms with Gasteiger partial charge in [0.2, 0.25) is 0 Å². The molecule has 0 aromatic heterocycles. The Hall–Kier alpha value is -3.09. The van der Waals surface area contributed by atoms with Crippen molar-refractivity contribution in [2.24, 2.45) is 11.8 Å². The lowest BCUT2D eigenvalue weighted by Crippen LogP contribution is -2.37. The summed E-state index contributed by atoms with van der Waals surface area (Å²) in [6, 6.07) is 10.7. The lowest BCUT2D eigenvalue weighted by molar-refractivity contribution is -0.156. The molecule has 0 aliphatic carbocycles. The summed E-state index contributed by atoms with van der Waals surface area (Å²) in [4.78, 5) is 28.0. The summed E-state index contributed by atoms with van der Waals surface area (Å²) in [6.07, 6.45) is 6.15. The van der Waals surface area contributed by atoms with Crippen LogP contribution in [0.25, 0.3) is 11.1 Å². The summed E-state index contributed by atoms with van der Waals surface area (Å²) in [5, 5.41) is 9.46. The number of carboxylic acid groups (broad SMARTS) is 1. The van der Waals surface area contributed by atoms with E-state index in [0.717, 1.165) is 74.0 Å². The average Bonchev–Trinajstić information content (AvgIpc) is 2.87. The number of carbonyl (C=O) groups excluding carboxylic acids is 1. The molecule has 1 aliphatic heterocycles. The van der Waals surface area contributed by atoms with Gasteiger partial charge < -0.3 is 19.6 Å². The molecule has 7 heteroatoms. The molecule has 1 N–H and O–H groups in total. The first-order valence-corrected chi connectivity index (χ1v) is 14.0. The Kier molecular flexibility index (Phi) is 11.0. The molecule has 0 fully saturated rings. The van der Waals surface area contributed by atoms with Gasteiger partial charge in [-0.1, -0.05) is 65.5 Å². The number of hydrogen-bond donors (Lipinski definition) is 1. The van der Waals surface area contributed by atoms with E-state index >= 15 is 0 Å². The zero-order chi connectivity index (χ0) is 27.7. The van der Waals surface area contributed by atoms with Crippen LogP contribution in [0, 0.1) is 17.7 Å². The molecule has 0 radical (unpaired) electrons. The number of anilines is 1. The highest BCUT2D eigenvalue weighted by Gasteiger charge is 2.24. The van der Waals surface area contributed by atoms with Gasteiger partial charge in [0.15, 0.2) is 0 Å². The molecular weight excluding hydrogens is 483 g/mol. The first kappa shape index (κ1) is 29.5. The van der Waals surface area contributed by atoms with Crippen molar-refractivity contribution >= 4 is 17.6 Å². The summed E-state index contributed by atoms with van der Waals surface area (Å²) in [7, 11) is 0. The molecule has 3 rings (SSSR count). The van der Waals surface area contributed by atoms with Gasteiger partial charge in [-0.05, 0) is 59.6 Å². The van der Waals surface area contributed by atoms with Crippen LogP contribution < -0.4 is 9.64 Å². The van der Waals surface area contributed by atoms with Gasteiger partial charge in [-0.25, -0.2) is 9.18 Å². The van der Waals surface area contributed by atoms with Gasteiger partial charge in [0.05, 0.1) is 6.61 Å². The molecule has 208 valence electrons. The van der Waals surface area contributed by atoms with Crippen molar-refractivity contribution in [1.29, 1.82) is 0 Å². The minimum absolute atomic E-state index is 0.223. The third kappa shape index (κ3) is 8.74. The Bertz CT molecular complexity index is 1090. The summed E-state index contributed by atoms with van der Waals surface area (Å²) >= 11 is 0. The van der Waals surface area contributed by atoms with E-state index in [1.165, 1.54) is 17.0 Å². The number of rotatable bonds is 6. The zero-order valence-electron chi connectivity index (χ0n) is 23.3. The average molecular weight is 527 g/mol. The molecule has 2 aromatic rings. The van der Waals surface area contributed by atoms with Crippen molar-refractivity contribution in [2.75, 3.05) is 31.1 Å². The molecule has 6 nitrogen and oxygen atoms in total. The van der Waals surface area contributed by atoms with Crippen molar-refractivity contribution in [3.63, 3.8) is 0 Å². The molecular formula is C31H43FN2O4. The molecule has 0 unspecified atom stereocenters. The van der Waals surface area contributed by atoms with Gasteiger partial charge in [0, 0.05) is 37.9 Å². The topological polar surface area (TPSA) is 70.1 Å². The van der Waals surface area contributed by atoms with Crippen molar-refractivity contribution in [1.82, 2.24) is 4.90 Å². The van der Waals surface area contributed by atoms with E-state index in [0.29, 0.717) is 30.7 Å². The maximum atomic E-state index is 14.6. The highest BCUT2D eigenvalue weighted by Crippen LogP contribution is 2.33. The Morgan fingerprint density at radius 1 is 0.895 bits per heavy atom. The Labute approximate surface area is 226 Å². The van der Waals surface area contributed by atoms with Crippen molar-refractivity contribution < 1.29 is 23.8 Å². The number of carbonyl (C=O) groups is 2. The molecule has 2 aromatic carbocycles. The van der Waals surface area contributed by atoms with Crippen molar-refractivity contribution in [2.45, 2.75) is 72.8 Å². The van der Waals surface area contributed by atoms with Gasteiger partial charge in [-0.2, -0.15) is 0 Å². The van der Waals surface area contributed by atoms with Crippen molar-refractivity contribution in [3.8, 4) is 16.9 Å². The van der Waals surface area contributed by atoms with E-state index in [2.05, 4.69) is 24.8 Å². The summed E-state index contributed by atoms with van der Waals surface area (Å²) in [5.41, 5.74) is 3.44. The minimum atomic E-state index is -1.43. The lowest BCUT2D eigenvalue weighted by Gasteiger charge is -2.31. The van der Waals surface area contributed by atoms with Gasteiger partial charge in [-0.15, -0.1) is 0 Å². The SMILES string of the molecule is CC(C)COc1cc(F)cc(-c2ccc3c(c2)N(CC(C)C)CCCCCCCCN(C(=O)C(=O)O)C3)c1. The summed E-state index contributed by atoms with van der Waals surface area (Å²) in [5.74, 6) is -1.44. The number of hydrogen-bond acceptors (Lipinski definition) is 4. The molecule has 1 amide bonds. The van der Waals surface area contributed by atoms with Crippen LogP contribution in [-0.4, -0.2) is 48.1 Å². The van der Waals surface area contributed by atoms with Crippen LogP contribution in [-0.2, 0) is 16.1 Å². The van der Waals surface area contributed by atoms with Gasteiger partial charge >= 0.3 is 11.9 Å². The second kappa shape index (κ2) is 14.2. The number of amides is 1. The van der Waals surface area contributed by atoms with Crippen LogP contribution in [0.4, 0.5) is 10.1 Å². The summed E-state index contributed by atoms with van der Waals surface area (Å²) < 4.78 is 20.4. The Morgan fingerprint density at radius 3 is 2.24 bits per heavy atom. The number of benzene rings is 2. The fraction of sp³-hybridized carbons (Fsp3) is 0.548. The maximum Gasteiger partial charge on any atom is 0.394 e. The van der Waals surface area contributed by atoms with E-state index in [9.17, 15) is 19.1 Å². The quantitative estimate of drug-likeness (QED) is 0.421. The predicted molar refractivity (Wildman–Crippen MR) is 150 cm³/mol. The van der Waals surface area contributed by atoms with Crippen LogP contribution in [0.5, 0.6) is 5.75 Å². The highest BCUT2D eigenvalue weighted by molar-refractivity contribution is 6.31. The van der Waals surface area contributed by atoms with E-state index in [1.54, 1.807) is 0 Å². The lowest BCUT2D eigenvalue weighted by atomic mass is 9.99. The van der Waals surface area contributed by atoms with Crippen LogP contribution in [0.1, 0.15) is 71.8 Å². The monoisotopic (exact) mass is 526 g/mol. The largest absolute Gasteiger partial charge is 0.493 e. The molecule has 38 heavy (non-hydrogen) atoms. The molecule has 0 bridgehead atoms. The zero-order valence-corrected chi connectivity index (χ0v) is 23.3. The predicted octanol–water partition coefficient (Wildman–Crippen LogP) is 6.76. The number of carboxylic acids is 1. The number of aliphatic carboxylic acids is 1. The van der Waals surface area contributed by atoms with E-state index in [4.69, 9.17) is 4.74 Å². The Balaban J connectivity index is 2.07. The maximum absolute atomic E-state index is 14.6. The molecule has 0 saturated heterocycles. The van der Waals surface area contributed by atoms with E-state index < -0.39 is 11.9 Å². The van der Waals surface area contributed by atoms with Gasteiger partial charge in [0.1, 0.15) is 11.6 Å². The Morgan fingerprint density at radius 2 is 1.58 bits per heavy atom. The number of nitrogens with zero attached hydrogens (tertiary/aromatic N) is 2. The molecule has 0 saturated carbocycles. The molecule has 0 atom stereocenters. The first-order chi connectivity index (χ1) is 18.1. The van der Waals surface area contributed by atoms with Crippen molar-refractivity contribution in [3.05, 3.63) is 47.8 Å². The van der Waals surface area contributed by atoms with E-state index in [-0.39, 0.29) is 12.4 Å². The first-order valence-electron chi connectivity index (χ1n) is 14.0. The smallest absolute Gasteiger partial charge is 0.394 e. The third-order valence-corrected chi connectivity index (χ3v) is 6.74. The number of fused-ring (bicyclic) bond motifs is 1. The van der Waals surface area contributed by atoms with Crippen LogP contribution >= 0.6 is 0 Å². The van der Waals surface area contributed by atoms with Gasteiger partial charge in [0.25, 0.3) is 0 Å². The normalized spacial score (nSPS) is 15.4. The number of halogens is 1. The molecule has 1 aliphatic rings. The minimum Gasteiger partial charge on any atom is -0.493 e. The molecule has 1 heterocycles. The standard InChI is InChI=1S/C31H43FN2O4/c1-22(2)19-33-13-9-7-5-6-8-10-14-34(30(35)31(36)37)20-25-12-11-24(17-29(25)33)26-15-27(32)18-28(16-26)38-21-23(3)4/h11-12,15-18,22-23H,5-10,13-14,19-21H2,1-4H3,(H,36,37). The van der Waals surface area contributed by atoms with Crippen LogP contribution in [0.3, 0.4) is 0 Å². The fourth-order valence-corrected chi connectivity index (χ4v) is 4.90.